The Morgan fingerprint density at radius 1 is 1.19 bits per heavy atom. The largest absolute Gasteiger partial charge is 0.354 e. The number of rotatable bonds is 5. The highest BCUT2D eigenvalue weighted by atomic mass is 32.2. The molecule has 2 fully saturated rings. The Balaban J connectivity index is 1.75. The molecule has 0 bridgehead atoms. The average molecular weight is 317 g/mol. The van der Waals surface area contributed by atoms with E-state index in [2.05, 4.69) is 17.3 Å². The van der Waals surface area contributed by atoms with Gasteiger partial charge in [0.2, 0.25) is 15.9 Å². The van der Waals surface area contributed by atoms with E-state index in [1.54, 1.807) is 6.92 Å². The minimum Gasteiger partial charge on any atom is -0.354 e. The molecular weight excluding hydrogens is 290 g/mol. The van der Waals surface area contributed by atoms with Crippen molar-refractivity contribution < 1.29 is 13.2 Å². The van der Waals surface area contributed by atoms with Crippen molar-refractivity contribution in [2.45, 2.75) is 38.6 Å². The number of nitrogens with zero attached hydrogens (tertiary/aromatic N) is 2. The lowest BCUT2D eigenvalue weighted by Crippen LogP contribution is -2.45. The minimum absolute atomic E-state index is 0.0417. The Morgan fingerprint density at radius 3 is 2.38 bits per heavy atom. The van der Waals surface area contributed by atoms with E-state index in [0.29, 0.717) is 38.5 Å². The molecule has 0 radical (unpaired) electrons. The Morgan fingerprint density at radius 2 is 1.86 bits per heavy atom. The van der Waals surface area contributed by atoms with E-state index in [1.165, 1.54) is 10.7 Å². The number of carbonyl (C=O) groups excluding carboxylic acids is 1. The number of likely N-dealkylation sites (N-methyl/N-ethyl adjacent to an activating group) is 1. The second kappa shape index (κ2) is 7.07. The molecule has 2 rings (SSSR count). The second-order valence-corrected chi connectivity index (χ2v) is 8.35. The van der Waals surface area contributed by atoms with Crippen LogP contribution in [0.2, 0.25) is 0 Å². The van der Waals surface area contributed by atoms with E-state index >= 15 is 0 Å². The molecule has 0 spiro atoms. The van der Waals surface area contributed by atoms with Crippen LogP contribution < -0.4 is 5.32 Å². The third kappa shape index (κ3) is 4.17. The summed E-state index contributed by atoms with van der Waals surface area (Å²) in [4.78, 5) is 14.5. The predicted molar refractivity (Wildman–Crippen MR) is 82.4 cm³/mol. The van der Waals surface area contributed by atoms with E-state index in [9.17, 15) is 13.2 Å². The zero-order valence-corrected chi connectivity index (χ0v) is 13.9. The van der Waals surface area contributed by atoms with Gasteiger partial charge in [0.15, 0.2) is 0 Å². The van der Waals surface area contributed by atoms with Crippen LogP contribution in [0.4, 0.5) is 0 Å². The fourth-order valence-electron chi connectivity index (χ4n) is 3.18. The summed E-state index contributed by atoms with van der Waals surface area (Å²) < 4.78 is 25.1. The van der Waals surface area contributed by atoms with Crippen LogP contribution >= 0.6 is 0 Å². The summed E-state index contributed by atoms with van der Waals surface area (Å²) >= 11 is 0. The van der Waals surface area contributed by atoms with Crippen LogP contribution in [0.15, 0.2) is 0 Å². The molecule has 7 heteroatoms. The topological polar surface area (TPSA) is 69.7 Å². The smallest absolute Gasteiger partial charge is 0.223 e. The first-order chi connectivity index (χ1) is 9.94. The van der Waals surface area contributed by atoms with Crippen LogP contribution in [0, 0.1) is 5.92 Å². The van der Waals surface area contributed by atoms with Gasteiger partial charge in [-0.15, -0.1) is 0 Å². The van der Waals surface area contributed by atoms with Crippen LogP contribution in [-0.4, -0.2) is 68.6 Å². The number of hydrogen-bond acceptors (Lipinski definition) is 4. The predicted octanol–water partition coefficient (Wildman–Crippen LogP) is 0.259. The third-order valence-electron chi connectivity index (χ3n) is 4.77. The fourth-order valence-corrected chi connectivity index (χ4v) is 4.31. The van der Waals surface area contributed by atoms with E-state index < -0.39 is 10.0 Å². The van der Waals surface area contributed by atoms with Crippen molar-refractivity contribution >= 4 is 15.9 Å². The van der Waals surface area contributed by atoms with Crippen molar-refractivity contribution in [2.24, 2.45) is 5.92 Å². The van der Waals surface area contributed by atoms with Crippen LogP contribution in [0.25, 0.3) is 0 Å². The van der Waals surface area contributed by atoms with Crippen molar-refractivity contribution in [2.75, 3.05) is 39.0 Å². The highest BCUT2D eigenvalue weighted by molar-refractivity contribution is 7.89. The lowest BCUT2D eigenvalue weighted by atomic mass is 9.97. The summed E-state index contributed by atoms with van der Waals surface area (Å²) in [5.74, 6) is 0.182. The first kappa shape index (κ1) is 16.7. The van der Waals surface area contributed by atoms with Gasteiger partial charge in [-0.05, 0) is 46.2 Å². The maximum absolute atomic E-state index is 12.2. The highest BCUT2D eigenvalue weighted by Gasteiger charge is 2.30. The van der Waals surface area contributed by atoms with Gasteiger partial charge in [-0.3, -0.25) is 4.79 Å². The molecule has 1 unspecified atom stereocenters. The zero-order valence-electron chi connectivity index (χ0n) is 13.0. The minimum atomic E-state index is -3.11. The standard InChI is InChI=1S/C14H27N3O3S/c1-3-21(19,20)17-9-6-12(7-10-17)14(18)15-11-13-5-4-8-16(13)2/h12-13H,3-11H2,1-2H3,(H,15,18). The average Bonchev–Trinajstić information content (AvgIpc) is 2.90. The molecule has 2 saturated heterocycles. The maximum atomic E-state index is 12.2. The molecule has 0 aromatic carbocycles. The lowest BCUT2D eigenvalue weighted by molar-refractivity contribution is -0.126. The molecule has 1 amide bonds. The molecule has 2 heterocycles. The van der Waals surface area contributed by atoms with Crippen LogP contribution in [0.5, 0.6) is 0 Å². The van der Waals surface area contributed by atoms with Crippen molar-refractivity contribution in [3.8, 4) is 0 Å². The number of hydrogen-bond donors (Lipinski definition) is 1. The van der Waals surface area contributed by atoms with Gasteiger partial charge >= 0.3 is 0 Å². The van der Waals surface area contributed by atoms with Gasteiger partial charge in [0.25, 0.3) is 0 Å². The molecule has 0 aromatic rings. The number of piperidine rings is 1. The van der Waals surface area contributed by atoms with Crippen LogP contribution in [-0.2, 0) is 14.8 Å². The number of nitrogens with one attached hydrogen (secondary N) is 1. The quantitative estimate of drug-likeness (QED) is 0.789. The molecule has 1 atom stereocenters. The molecule has 1 N–H and O–H groups in total. The molecule has 122 valence electrons. The molecule has 0 aliphatic carbocycles. The van der Waals surface area contributed by atoms with E-state index in [0.717, 1.165) is 13.0 Å². The number of sulfonamides is 1. The van der Waals surface area contributed by atoms with E-state index in [4.69, 9.17) is 0 Å². The fraction of sp³-hybridized carbons (Fsp3) is 0.929. The first-order valence-corrected chi connectivity index (χ1v) is 9.50. The summed E-state index contributed by atoms with van der Waals surface area (Å²) in [5, 5.41) is 3.04. The van der Waals surface area contributed by atoms with Gasteiger partial charge in [-0.1, -0.05) is 0 Å². The number of amides is 1. The molecule has 0 saturated carbocycles. The van der Waals surface area contributed by atoms with Crippen molar-refractivity contribution in [1.29, 1.82) is 0 Å². The number of carbonyl (C=O) groups is 1. The molecule has 0 aromatic heterocycles. The number of likely N-dealkylation sites (tertiary alicyclic amines) is 1. The molecule has 21 heavy (non-hydrogen) atoms. The van der Waals surface area contributed by atoms with Crippen molar-refractivity contribution in [3.63, 3.8) is 0 Å². The summed E-state index contributed by atoms with van der Waals surface area (Å²) in [6.45, 7) is 4.41. The Hall–Kier alpha value is -0.660. The SMILES string of the molecule is CCS(=O)(=O)N1CCC(C(=O)NCC2CCCN2C)CC1. The molecule has 6 nitrogen and oxygen atoms in total. The molecule has 2 aliphatic heterocycles. The maximum Gasteiger partial charge on any atom is 0.223 e. The Kier molecular flexibility index (Phi) is 5.62. The van der Waals surface area contributed by atoms with Gasteiger partial charge in [0.1, 0.15) is 0 Å². The molecular formula is C14H27N3O3S. The second-order valence-electron chi connectivity index (χ2n) is 6.10. The van der Waals surface area contributed by atoms with Gasteiger partial charge in [0.05, 0.1) is 5.75 Å². The first-order valence-electron chi connectivity index (χ1n) is 7.90. The van der Waals surface area contributed by atoms with Crippen LogP contribution in [0.1, 0.15) is 32.6 Å². The van der Waals surface area contributed by atoms with Crippen molar-refractivity contribution in [3.05, 3.63) is 0 Å². The Labute approximate surface area is 127 Å². The van der Waals surface area contributed by atoms with Gasteiger partial charge in [-0.25, -0.2) is 12.7 Å². The van der Waals surface area contributed by atoms with Crippen molar-refractivity contribution in [1.82, 2.24) is 14.5 Å². The molecule has 2 aliphatic rings. The third-order valence-corrected chi connectivity index (χ3v) is 6.65. The van der Waals surface area contributed by atoms with Gasteiger partial charge < -0.3 is 10.2 Å². The summed E-state index contributed by atoms with van der Waals surface area (Å²) in [6.07, 6.45) is 3.60. The van der Waals surface area contributed by atoms with E-state index in [-0.39, 0.29) is 17.6 Å². The lowest BCUT2D eigenvalue weighted by Gasteiger charge is -2.30. The monoisotopic (exact) mass is 317 g/mol. The summed E-state index contributed by atoms with van der Waals surface area (Å²) in [5.41, 5.74) is 0. The summed E-state index contributed by atoms with van der Waals surface area (Å²) in [7, 11) is -1.01. The summed E-state index contributed by atoms with van der Waals surface area (Å²) in [6, 6.07) is 0.453. The Bertz CT molecular complexity index is 458. The highest BCUT2D eigenvalue weighted by Crippen LogP contribution is 2.20. The van der Waals surface area contributed by atoms with E-state index in [1.807, 2.05) is 0 Å². The van der Waals surface area contributed by atoms with Gasteiger partial charge in [0, 0.05) is 31.6 Å². The zero-order chi connectivity index (χ0) is 15.5. The van der Waals surface area contributed by atoms with Crippen LogP contribution in [0.3, 0.4) is 0 Å². The normalized spacial score (nSPS) is 26.1. The van der Waals surface area contributed by atoms with Gasteiger partial charge in [-0.2, -0.15) is 0 Å².